The van der Waals surface area contributed by atoms with E-state index in [1.54, 1.807) is 0 Å². The predicted molar refractivity (Wildman–Crippen MR) is 53.4 cm³/mol. The molecule has 0 bridgehead atoms. The summed E-state index contributed by atoms with van der Waals surface area (Å²) >= 11 is 0. The molecule has 1 aromatic heterocycles. The number of nitrogens with zero attached hydrogens (tertiary/aromatic N) is 1. The first-order chi connectivity index (χ1) is 7.15. The van der Waals surface area contributed by atoms with Crippen LogP contribution >= 0.6 is 0 Å². The number of nitrogen functional groups attached to an aromatic ring is 1. The van der Waals surface area contributed by atoms with Crippen LogP contribution in [0.1, 0.15) is 0 Å². The summed E-state index contributed by atoms with van der Waals surface area (Å²) in [5.74, 6) is 5.18. The molecule has 1 heterocycles. The van der Waals surface area contributed by atoms with E-state index in [0.29, 0.717) is 5.69 Å². The van der Waals surface area contributed by atoms with Gasteiger partial charge in [0.15, 0.2) is 0 Å². The van der Waals surface area contributed by atoms with Crippen LogP contribution in [-0.4, -0.2) is 15.1 Å². The number of nitrogens with two attached hydrogens (primary N) is 1. The van der Waals surface area contributed by atoms with Gasteiger partial charge in [0, 0.05) is 6.07 Å². The number of nitro groups is 1. The number of hydrazine groups is 1. The van der Waals surface area contributed by atoms with Crippen LogP contribution in [0, 0.1) is 10.1 Å². The van der Waals surface area contributed by atoms with Crippen molar-refractivity contribution in [2.75, 3.05) is 5.43 Å². The Balaban J connectivity index is 2.91. The molecule has 0 amide bonds. The third kappa shape index (κ3) is 1.23. The average molecular weight is 209 g/mol. The Morgan fingerprint density at radius 1 is 1.40 bits per heavy atom. The second-order valence-electron chi connectivity index (χ2n) is 2.86. The fourth-order valence-electron chi connectivity index (χ4n) is 1.41. The number of fused-ring (bicyclic) bond motifs is 1. The van der Waals surface area contributed by atoms with Gasteiger partial charge < -0.3 is 5.43 Å². The number of hydrogen-bond donors (Lipinski definition) is 4. The van der Waals surface area contributed by atoms with E-state index in [2.05, 4.69) is 15.6 Å². The van der Waals surface area contributed by atoms with Crippen LogP contribution in [0.3, 0.4) is 0 Å². The molecule has 1 aromatic carbocycles. The molecule has 78 valence electrons. The molecule has 8 heteroatoms. The highest BCUT2D eigenvalue weighted by molar-refractivity contribution is 5.96. The number of nitrogens with one attached hydrogen (secondary N) is 3. The number of nitro benzene ring substituents is 1. The van der Waals surface area contributed by atoms with Gasteiger partial charge in [-0.3, -0.25) is 30.9 Å². The molecule has 8 nitrogen and oxygen atoms in total. The summed E-state index contributed by atoms with van der Waals surface area (Å²) < 4.78 is 0. The van der Waals surface area contributed by atoms with Crippen molar-refractivity contribution >= 4 is 22.3 Å². The summed E-state index contributed by atoms with van der Waals surface area (Å²) in [6.45, 7) is 0. The molecule has 5 N–H and O–H groups in total. The van der Waals surface area contributed by atoms with E-state index < -0.39 is 10.5 Å². The predicted octanol–water partition coefficient (Wildman–Crippen LogP) is 0.0500. The van der Waals surface area contributed by atoms with Gasteiger partial charge in [-0.15, -0.1) is 0 Å². The molecule has 0 unspecified atom stereocenters. The minimum Gasteiger partial charge on any atom is -0.323 e. The van der Waals surface area contributed by atoms with Gasteiger partial charge in [-0.1, -0.05) is 0 Å². The van der Waals surface area contributed by atoms with Crippen LogP contribution in [0.5, 0.6) is 0 Å². The SMILES string of the molecule is NNc1ccc([N+](=O)[O-])c2[nH][nH]c(=O)c12. The van der Waals surface area contributed by atoms with Gasteiger partial charge in [0.1, 0.15) is 5.52 Å². The summed E-state index contributed by atoms with van der Waals surface area (Å²) in [7, 11) is 0. The number of rotatable bonds is 2. The first-order valence-electron chi connectivity index (χ1n) is 3.99. The third-order valence-electron chi connectivity index (χ3n) is 2.06. The number of benzene rings is 1. The van der Waals surface area contributed by atoms with E-state index in [9.17, 15) is 14.9 Å². The topological polar surface area (TPSA) is 130 Å². The van der Waals surface area contributed by atoms with E-state index in [1.165, 1.54) is 12.1 Å². The Kier molecular flexibility index (Phi) is 1.90. The molecule has 0 aliphatic rings. The van der Waals surface area contributed by atoms with Crippen molar-refractivity contribution in [1.29, 1.82) is 0 Å². The first-order valence-corrected chi connectivity index (χ1v) is 3.99. The summed E-state index contributed by atoms with van der Waals surface area (Å²) in [6, 6.07) is 2.64. The summed E-state index contributed by atoms with van der Waals surface area (Å²) in [4.78, 5) is 21.4. The van der Waals surface area contributed by atoms with Gasteiger partial charge in [0.25, 0.3) is 11.2 Å². The van der Waals surface area contributed by atoms with Crippen molar-refractivity contribution in [2.45, 2.75) is 0 Å². The Hall–Kier alpha value is -2.35. The van der Waals surface area contributed by atoms with Crippen molar-refractivity contribution in [2.24, 2.45) is 5.84 Å². The van der Waals surface area contributed by atoms with E-state index in [4.69, 9.17) is 5.84 Å². The van der Waals surface area contributed by atoms with Crippen LogP contribution in [-0.2, 0) is 0 Å². The van der Waals surface area contributed by atoms with Gasteiger partial charge in [0.2, 0.25) is 0 Å². The highest BCUT2D eigenvalue weighted by Gasteiger charge is 2.17. The maximum Gasteiger partial charge on any atom is 0.295 e. The molecule has 0 aliphatic carbocycles. The Morgan fingerprint density at radius 2 is 2.13 bits per heavy atom. The lowest BCUT2D eigenvalue weighted by Gasteiger charge is -2.00. The Morgan fingerprint density at radius 3 is 2.73 bits per heavy atom. The van der Waals surface area contributed by atoms with Gasteiger partial charge in [-0.05, 0) is 6.07 Å². The molecule has 0 atom stereocenters. The highest BCUT2D eigenvalue weighted by atomic mass is 16.6. The largest absolute Gasteiger partial charge is 0.323 e. The number of H-pyrrole nitrogens is 2. The third-order valence-corrected chi connectivity index (χ3v) is 2.06. The molecule has 2 rings (SSSR count). The summed E-state index contributed by atoms with van der Waals surface area (Å²) in [6.07, 6.45) is 0. The van der Waals surface area contributed by atoms with Crippen molar-refractivity contribution in [3.05, 3.63) is 32.6 Å². The highest BCUT2D eigenvalue weighted by Crippen LogP contribution is 2.26. The quantitative estimate of drug-likeness (QED) is 0.315. The molecule has 0 saturated carbocycles. The summed E-state index contributed by atoms with van der Waals surface area (Å²) in [5, 5.41) is 15.5. The van der Waals surface area contributed by atoms with E-state index >= 15 is 0 Å². The van der Waals surface area contributed by atoms with E-state index in [-0.39, 0.29) is 16.6 Å². The lowest BCUT2D eigenvalue weighted by atomic mass is 10.2. The monoisotopic (exact) mass is 209 g/mol. The number of anilines is 1. The van der Waals surface area contributed by atoms with Crippen LogP contribution in [0.2, 0.25) is 0 Å². The average Bonchev–Trinajstić information content (AvgIpc) is 2.60. The fourth-order valence-corrected chi connectivity index (χ4v) is 1.41. The normalized spacial score (nSPS) is 10.5. The van der Waals surface area contributed by atoms with Crippen molar-refractivity contribution in [3.8, 4) is 0 Å². The zero-order valence-electron chi connectivity index (χ0n) is 7.40. The van der Waals surface area contributed by atoms with Gasteiger partial charge >= 0.3 is 0 Å². The van der Waals surface area contributed by atoms with E-state index in [1.807, 2.05) is 0 Å². The minimum atomic E-state index is -0.577. The smallest absolute Gasteiger partial charge is 0.295 e. The molecule has 0 aliphatic heterocycles. The second-order valence-corrected chi connectivity index (χ2v) is 2.86. The second kappa shape index (κ2) is 3.10. The molecule has 0 saturated heterocycles. The van der Waals surface area contributed by atoms with Gasteiger partial charge in [0.05, 0.1) is 16.0 Å². The Labute approximate surface area is 82.2 Å². The molecule has 15 heavy (non-hydrogen) atoms. The molecule has 0 spiro atoms. The molecular formula is C7H7N5O3. The van der Waals surface area contributed by atoms with Crippen LogP contribution < -0.4 is 16.8 Å². The van der Waals surface area contributed by atoms with Crippen LogP contribution in [0.25, 0.3) is 10.9 Å². The van der Waals surface area contributed by atoms with Gasteiger partial charge in [-0.25, -0.2) is 0 Å². The first kappa shape index (κ1) is 9.21. The lowest BCUT2D eigenvalue weighted by Crippen LogP contribution is -2.10. The number of aromatic amines is 2. The fraction of sp³-hybridized carbons (Fsp3) is 0. The van der Waals surface area contributed by atoms with Crippen molar-refractivity contribution in [3.63, 3.8) is 0 Å². The molecule has 0 radical (unpaired) electrons. The number of aromatic nitrogens is 2. The maximum absolute atomic E-state index is 11.3. The standard InChI is InChI=1S/C7H7N5O3/c8-9-3-1-2-4(12(14)15)6-5(3)7(13)11-10-6/h1-2,9H,8H2,(H2,10,11,13). The van der Waals surface area contributed by atoms with Crippen LogP contribution in [0.15, 0.2) is 16.9 Å². The summed E-state index contributed by atoms with van der Waals surface area (Å²) in [5.41, 5.74) is 2.12. The Bertz CT molecular complexity index is 584. The lowest BCUT2D eigenvalue weighted by molar-refractivity contribution is -0.383. The minimum absolute atomic E-state index is 0.125. The van der Waals surface area contributed by atoms with Crippen LogP contribution in [0.4, 0.5) is 11.4 Å². The van der Waals surface area contributed by atoms with Gasteiger partial charge in [-0.2, -0.15) is 0 Å². The molecular weight excluding hydrogens is 202 g/mol. The zero-order valence-corrected chi connectivity index (χ0v) is 7.40. The number of hydrogen-bond acceptors (Lipinski definition) is 5. The zero-order chi connectivity index (χ0) is 11.0. The molecule has 2 aromatic rings. The maximum atomic E-state index is 11.3. The van der Waals surface area contributed by atoms with Crippen molar-refractivity contribution < 1.29 is 4.92 Å². The molecule has 0 fully saturated rings. The van der Waals surface area contributed by atoms with Crippen molar-refractivity contribution in [1.82, 2.24) is 10.2 Å². The number of non-ortho nitro benzene ring substituents is 1. The van der Waals surface area contributed by atoms with E-state index in [0.717, 1.165) is 0 Å².